The van der Waals surface area contributed by atoms with Crippen LogP contribution in [-0.4, -0.2) is 42.6 Å². The van der Waals surface area contributed by atoms with E-state index in [1.165, 1.54) is 12.1 Å². The Morgan fingerprint density at radius 1 is 1.11 bits per heavy atom. The summed E-state index contributed by atoms with van der Waals surface area (Å²) in [5.74, 6) is -0.281. The maximum atomic E-state index is 13.2. The molecular formula is C22H26FN3O. The molecule has 0 aliphatic rings. The van der Waals surface area contributed by atoms with Crippen molar-refractivity contribution in [2.24, 2.45) is 0 Å². The van der Waals surface area contributed by atoms with Crippen molar-refractivity contribution in [2.45, 2.75) is 20.4 Å². The summed E-state index contributed by atoms with van der Waals surface area (Å²) < 4.78 is 15.4. The van der Waals surface area contributed by atoms with Crippen molar-refractivity contribution in [3.8, 4) is 0 Å². The maximum absolute atomic E-state index is 13.2. The number of amides is 1. The summed E-state index contributed by atoms with van der Waals surface area (Å²) in [5.41, 5.74) is 5.11. The number of fused-ring (bicyclic) bond motifs is 1. The third-order valence-corrected chi connectivity index (χ3v) is 5.00. The number of carbonyl (C=O) groups excluding carboxylic acids is 1. The summed E-state index contributed by atoms with van der Waals surface area (Å²) in [5, 5.41) is 4.04. The molecule has 1 aromatic heterocycles. The highest BCUT2D eigenvalue weighted by atomic mass is 19.1. The van der Waals surface area contributed by atoms with Gasteiger partial charge in [0.15, 0.2) is 0 Å². The summed E-state index contributed by atoms with van der Waals surface area (Å²) in [4.78, 5) is 14.5. The van der Waals surface area contributed by atoms with Gasteiger partial charge in [0, 0.05) is 41.8 Å². The lowest BCUT2D eigenvalue weighted by atomic mass is 10.1. The van der Waals surface area contributed by atoms with Crippen molar-refractivity contribution in [3.05, 3.63) is 70.7 Å². The van der Waals surface area contributed by atoms with Crippen LogP contribution in [-0.2, 0) is 6.54 Å². The molecule has 27 heavy (non-hydrogen) atoms. The predicted octanol–water partition coefficient (Wildman–Crippen LogP) is 3.74. The van der Waals surface area contributed by atoms with Gasteiger partial charge in [-0.3, -0.25) is 4.79 Å². The minimum atomic E-state index is -0.228. The fraction of sp³-hybridized carbons (Fsp3) is 0.318. The molecule has 0 aliphatic carbocycles. The summed E-state index contributed by atoms with van der Waals surface area (Å²) >= 11 is 0. The van der Waals surface area contributed by atoms with Crippen LogP contribution in [0.25, 0.3) is 10.9 Å². The zero-order valence-electron chi connectivity index (χ0n) is 16.3. The molecule has 0 unspecified atom stereocenters. The molecule has 0 bridgehead atoms. The number of hydrogen-bond acceptors (Lipinski definition) is 2. The fourth-order valence-electron chi connectivity index (χ4n) is 3.26. The lowest BCUT2D eigenvalue weighted by Gasteiger charge is -2.11. The molecule has 0 spiro atoms. The van der Waals surface area contributed by atoms with Crippen LogP contribution in [0, 0.1) is 19.7 Å². The van der Waals surface area contributed by atoms with Crippen molar-refractivity contribution in [1.82, 2.24) is 14.8 Å². The topological polar surface area (TPSA) is 37.3 Å². The number of hydrogen-bond donors (Lipinski definition) is 1. The average molecular weight is 367 g/mol. The minimum absolute atomic E-state index is 0.0536. The van der Waals surface area contributed by atoms with Crippen LogP contribution in [0.15, 0.2) is 42.5 Å². The highest BCUT2D eigenvalue weighted by Crippen LogP contribution is 2.27. The number of benzene rings is 2. The predicted molar refractivity (Wildman–Crippen MR) is 108 cm³/mol. The lowest BCUT2D eigenvalue weighted by molar-refractivity contribution is 0.0951. The number of aromatic nitrogens is 1. The summed E-state index contributed by atoms with van der Waals surface area (Å²) in [6, 6.07) is 12.4. The third kappa shape index (κ3) is 4.19. The first-order valence-corrected chi connectivity index (χ1v) is 9.13. The second-order valence-corrected chi connectivity index (χ2v) is 7.21. The summed E-state index contributed by atoms with van der Waals surface area (Å²) in [6.45, 7) is 6.25. The number of aryl methyl sites for hydroxylation is 1. The highest BCUT2D eigenvalue weighted by molar-refractivity contribution is 5.99. The van der Waals surface area contributed by atoms with Gasteiger partial charge in [-0.1, -0.05) is 12.1 Å². The molecule has 4 nitrogen and oxygen atoms in total. The first-order valence-electron chi connectivity index (χ1n) is 9.13. The van der Waals surface area contributed by atoms with E-state index in [2.05, 4.69) is 23.7 Å². The smallest absolute Gasteiger partial charge is 0.251 e. The molecule has 0 radical (unpaired) electrons. The molecule has 142 valence electrons. The molecule has 3 rings (SSSR count). The van der Waals surface area contributed by atoms with Crippen LogP contribution >= 0.6 is 0 Å². The van der Waals surface area contributed by atoms with Gasteiger partial charge in [-0.15, -0.1) is 0 Å². The molecule has 1 amide bonds. The zero-order valence-corrected chi connectivity index (χ0v) is 16.3. The summed E-state index contributed by atoms with van der Waals surface area (Å²) in [7, 11) is 3.96. The van der Waals surface area contributed by atoms with Gasteiger partial charge < -0.3 is 14.8 Å². The molecule has 1 N–H and O–H groups in total. The van der Waals surface area contributed by atoms with E-state index < -0.39 is 0 Å². The van der Waals surface area contributed by atoms with Crippen molar-refractivity contribution in [2.75, 3.05) is 27.2 Å². The quantitative estimate of drug-likeness (QED) is 0.721. The minimum Gasteiger partial charge on any atom is -0.351 e. The van der Waals surface area contributed by atoms with Crippen LogP contribution in [0.3, 0.4) is 0 Å². The molecule has 0 saturated heterocycles. The van der Waals surface area contributed by atoms with Crippen molar-refractivity contribution in [1.29, 1.82) is 0 Å². The van der Waals surface area contributed by atoms with Crippen LogP contribution < -0.4 is 5.32 Å². The average Bonchev–Trinajstić information content (AvgIpc) is 2.87. The molecule has 2 aromatic carbocycles. The Hall–Kier alpha value is -2.66. The van der Waals surface area contributed by atoms with Crippen LogP contribution in [0.4, 0.5) is 4.39 Å². The van der Waals surface area contributed by atoms with Gasteiger partial charge in [0.25, 0.3) is 5.91 Å². The molecular weight excluding hydrogens is 341 g/mol. The van der Waals surface area contributed by atoms with Crippen molar-refractivity contribution in [3.63, 3.8) is 0 Å². The molecule has 0 saturated carbocycles. The fourth-order valence-corrected chi connectivity index (χ4v) is 3.26. The van der Waals surface area contributed by atoms with Crippen molar-refractivity contribution < 1.29 is 9.18 Å². The van der Waals surface area contributed by atoms with Gasteiger partial charge in [0.2, 0.25) is 0 Å². The number of halogens is 1. The van der Waals surface area contributed by atoms with E-state index in [0.29, 0.717) is 18.7 Å². The van der Waals surface area contributed by atoms with Crippen LogP contribution in [0.5, 0.6) is 0 Å². The first kappa shape index (κ1) is 19.1. The van der Waals surface area contributed by atoms with Gasteiger partial charge in [-0.25, -0.2) is 4.39 Å². The lowest BCUT2D eigenvalue weighted by Crippen LogP contribution is -2.31. The molecule has 0 atom stereocenters. The highest BCUT2D eigenvalue weighted by Gasteiger charge is 2.14. The first-order chi connectivity index (χ1) is 12.9. The Balaban J connectivity index is 1.88. The van der Waals surface area contributed by atoms with Gasteiger partial charge in [-0.05, 0) is 69.4 Å². The monoisotopic (exact) mass is 367 g/mol. The molecule has 0 aliphatic heterocycles. The normalized spacial score (nSPS) is 11.3. The molecule has 1 heterocycles. The maximum Gasteiger partial charge on any atom is 0.251 e. The van der Waals surface area contributed by atoms with E-state index in [1.54, 1.807) is 0 Å². The van der Waals surface area contributed by atoms with E-state index in [0.717, 1.165) is 34.3 Å². The third-order valence-electron chi connectivity index (χ3n) is 5.00. The Bertz CT molecular complexity index is 958. The standard InChI is InChI=1S/C22H26FN3O/c1-15-16(2)26(14-17-5-8-19(23)9-6-17)21-10-7-18(13-20(15)21)22(27)24-11-12-25(3)4/h5-10,13H,11-12,14H2,1-4H3,(H,24,27). The van der Waals surface area contributed by atoms with Gasteiger partial charge >= 0.3 is 0 Å². The molecule has 0 fully saturated rings. The number of likely N-dealkylation sites (N-methyl/N-ethyl adjacent to an activating group) is 1. The summed E-state index contributed by atoms with van der Waals surface area (Å²) in [6.07, 6.45) is 0. The number of rotatable bonds is 6. The number of nitrogens with one attached hydrogen (secondary N) is 1. The van der Waals surface area contributed by atoms with E-state index in [1.807, 2.05) is 49.3 Å². The Labute approximate surface area is 159 Å². The second kappa shape index (κ2) is 7.92. The molecule has 5 heteroatoms. The zero-order chi connectivity index (χ0) is 19.6. The van der Waals surface area contributed by atoms with Gasteiger partial charge in [-0.2, -0.15) is 0 Å². The van der Waals surface area contributed by atoms with Gasteiger partial charge in [0.05, 0.1) is 0 Å². The number of nitrogens with zero attached hydrogens (tertiary/aromatic N) is 2. The Morgan fingerprint density at radius 2 is 1.81 bits per heavy atom. The van der Waals surface area contributed by atoms with E-state index in [-0.39, 0.29) is 11.7 Å². The van der Waals surface area contributed by atoms with Gasteiger partial charge in [0.1, 0.15) is 5.82 Å². The SMILES string of the molecule is Cc1c(C)n(Cc2ccc(F)cc2)c2ccc(C(=O)NCCN(C)C)cc12. The van der Waals surface area contributed by atoms with Crippen LogP contribution in [0.2, 0.25) is 0 Å². The Morgan fingerprint density at radius 3 is 2.48 bits per heavy atom. The number of carbonyl (C=O) groups is 1. The molecule has 3 aromatic rings. The Kier molecular flexibility index (Phi) is 5.61. The van der Waals surface area contributed by atoms with E-state index >= 15 is 0 Å². The largest absolute Gasteiger partial charge is 0.351 e. The van der Waals surface area contributed by atoms with E-state index in [9.17, 15) is 9.18 Å². The second-order valence-electron chi connectivity index (χ2n) is 7.21. The van der Waals surface area contributed by atoms with Crippen LogP contribution in [0.1, 0.15) is 27.2 Å². The van der Waals surface area contributed by atoms with Crippen molar-refractivity contribution >= 4 is 16.8 Å². The van der Waals surface area contributed by atoms with E-state index in [4.69, 9.17) is 0 Å².